The van der Waals surface area contributed by atoms with E-state index in [1.54, 1.807) is 7.11 Å². The first kappa shape index (κ1) is 36.9. The summed E-state index contributed by atoms with van der Waals surface area (Å²) in [6, 6.07) is 13.8. The first-order valence-electron chi connectivity index (χ1n) is 20.2. The molecule has 10 heteroatoms. The van der Waals surface area contributed by atoms with Gasteiger partial charge in [0, 0.05) is 53.0 Å². The molecular weight excluding hydrogens is 693 g/mol. The van der Waals surface area contributed by atoms with Crippen molar-refractivity contribution in [3.63, 3.8) is 0 Å². The van der Waals surface area contributed by atoms with Gasteiger partial charge in [-0.25, -0.2) is 0 Å². The van der Waals surface area contributed by atoms with Crippen LogP contribution in [0.15, 0.2) is 42.6 Å². The molecule has 1 saturated heterocycles. The second kappa shape index (κ2) is 15.3. The van der Waals surface area contributed by atoms with Crippen LogP contribution in [0.5, 0.6) is 5.75 Å². The van der Waals surface area contributed by atoms with E-state index in [0.717, 1.165) is 78.6 Å². The highest BCUT2D eigenvalue weighted by molar-refractivity contribution is 7.98. The maximum absolute atomic E-state index is 14.6. The predicted molar refractivity (Wildman–Crippen MR) is 220 cm³/mol. The van der Waals surface area contributed by atoms with Crippen molar-refractivity contribution in [1.82, 2.24) is 28.9 Å². The number of amides is 2. The van der Waals surface area contributed by atoms with E-state index in [9.17, 15) is 9.59 Å². The van der Waals surface area contributed by atoms with Gasteiger partial charge < -0.3 is 14.2 Å². The Hall–Kier alpha value is -4.02. The number of methoxy groups -OCH3 is 1. The number of nitrogens with one attached hydrogen (secondary N) is 1. The van der Waals surface area contributed by atoms with E-state index < -0.39 is 0 Å². The van der Waals surface area contributed by atoms with Gasteiger partial charge >= 0.3 is 0 Å². The van der Waals surface area contributed by atoms with Gasteiger partial charge in [0.25, 0.3) is 11.8 Å². The smallest absolute Gasteiger partial charge is 0.261 e. The fraction of sp³-hybridized carbons (Fsp3) is 0.523. The summed E-state index contributed by atoms with van der Waals surface area (Å²) in [6.45, 7) is 7.66. The van der Waals surface area contributed by atoms with Gasteiger partial charge in [-0.1, -0.05) is 39.2 Å². The molecule has 2 unspecified atom stereocenters. The van der Waals surface area contributed by atoms with Crippen LogP contribution in [0.25, 0.3) is 33.8 Å². The van der Waals surface area contributed by atoms with Crippen molar-refractivity contribution in [1.29, 1.82) is 0 Å². The molecule has 2 saturated carbocycles. The highest BCUT2D eigenvalue weighted by atomic mass is 32.2. The molecular formula is C44H56N6O3S. The highest BCUT2D eigenvalue weighted by Crippen LogP contribution is 2.48. The Labute approximate surface area is 324 Å². The van der Waals surface area contributed by atoms with Gasteiger partial charge in [0.2, 0.25) is 0 Å². The third-order valence-electron chi connectivity index (χ3n) is 12.7. The van der Waals surface area contributed by atoms with Crippen molar-refractivity contribution >= 4 is 46.3 Å². The molecule has 2 amide bonds. The molecule has 4 aromatic rings. The lowest BCUT2D eigenvalue weighted by atomic mass is 9.81. The molecule has 4 heterocycles. The lowest BCUT2D eigenvalue weighted by Crippen LogP contribution is -2.41. The molecule has 286 valence electrons. The third-order valence-corrected chi connectivity index (χ3v) is 13.5. The standard InChI is InChI=1S/C44H56N6O3S/c1-27(2)54-46-43(51)30-16-19-37-39(23-30)49-25-32(21-31-22-35(53-6)18-20-36(31)42(49)40(37)29-11-8-7-9-12-29)41-38(24-45-50(41)33-13-10-14-33)44(52)47(4)26-34-17-15-28(3)48(34)5/h16,18-24,27-29,33-34H,7-15,17,25-26H2,1-6H3,(H,46,51). The van der Waals surface area contributed by atoms with Crippen molar-refractivity contribution in [2.75, 3.05) is 27.7 Å². The maximum atomic E-state index is 14.6. The summed E-state index contributed by atoms with van der Waals surface area (Å²) in [7, 11) is 5.85. The first-order chi connectivity index (χ1) is 26.1. The zero-order valence-corrected chi connectivity index (χ0v) is 33.7. The van der Waals surface area contributed by atoms with E-state index in [4.69, 9.17) is 9.84 Å². The number of hydrogen-bond donors (Lipinski definition) is 1. The number of ether oxygens (including phenoxy) is 1. The Kier molecular flexibility index (Phi) is 10.4. The highest BCUT2D eigenvalue weighted by Gasteiger charge is 2.35. The number of aromatic nitrogens is 3. The number of allylic oxidation sites excluding steroid dienone is 1. The van der Waals surface area contributed by atoms with Crippen molar-refractivity contribution in [2.24, 2.45) is 0 Å². The summed E-state index contributed by atoms with van der Waals surface area (Å²) >= 11 is 1.45. The van der Waals surface area contributed by atoms with Gasteiger partial charge in [-0.15, -0.1) is 0 Å². The van der Waals surface area contributed by atoms with Crippen molar-refractivity contribution in [2.45, 2.75) is 121 Å². The molecule has 0 bridgehead atoms. The van der Waals surface area contributed by atoms with Gasteiger partial charge in [0.05, 0.1) is 42.8 Å². The summed E-state index contributed by atoms with van der Waals surface area (Å²) in [5.74, 6) is 1.16. The maximum Gasteiger partial charge on any atom is 0.261 e. The number of rotatable bonds is 10. The Balaban J connectivity index is 1.30. The second-order valence-electron chi connectivity index (χ2n) is 16.5. The third kappa shape index (κ3) is 6.78. The van der Waals surface area contributed by atoms with E-state index in [1.165, 1.54) is 47.9 Å². The summed E-state index contributed by atoms with van der Waals surface area (Å²) < 4.78 is 13.5. The van der Waals surface area contributed by atoms with Crippen molar-refractivity contribution in [3.05, 3.63) is 70.5 Å². The topological polar surface area (TPSA) is 84.6 Å². The molecule has 2 aliphatic heterocycles. The van der Waals surface area contributed by atoms with Crippen LogP contribution >= 0.6 is 11.9 Å². The minimum atomic E-state index is -0.0822. The zero-order chi connectivity index (χ0) is 37.7. The van der Waals surface area contributed by atoms with E-state index in [1.807, 2.05) is 24.2 Å². The van der Waals surface area contributed by atoms with Gasteiger partial charge in [-0.3, -0.25) is 23.9 Å². The minimum absolute atomic E-state index is 0.0154. The van der Waals surface area contributed by atoms with Crippen molar-refractivity contribution in [3.8, 4) is 17.0 Å². The molecule has 2 atom stereocenters. The Bertz CT molecular complexity index is 2090. The zero-order valence-electron chi connectivity index (χ0n) is 32.9. The molecule has 0 spiro atoms. The average molecular weight is 749 g/mol. The second-order valence-corrected chi connectivity index (χ2v) is 17.9. The van der Waals surface area contributed by atoms with Crippen molar-refractivity contribution < 1.29 is 14.3 Å². The molecule has 8 rings (SSSR count). The molecule has 54 heavy (non-hydrogen) atoms. The number of hydrogen-bond acceptors (Lipinski definition) is 6. The molecule has 4 aliphatic rings. The molecule has 1 N–H and O–H groups in total. The van der Waals surface area contributed by atoms with Crippen LogP contribution in [-0.4, -0.2) is 81.0 Å². The van der Waals surface area contributed by atoms with Crippen LogP contribution in [-0.2, 0) is 6.54 Å². The number of benzene rings is 2. The molecule has 2 aromatic heterocycles. The molecule has 9 nitrogen and oxygen atoms in total. The fourth-order valence-electron chi connectivity index (χ4n) is 9.33. The number of carbonyl (C=O) groups is 2. The lowest BCUT2D eigenvalue weighted by molar-refractivity contribution is 0.0753. The average Bonchev–Trinajstić information content (AvgIpc) is 3.78. The predicted octanol–water partition coefficient (Wildman–Crippen LogP) is 9.18. The van der Waals surface area contributed by atoms with Gasteiger partial charge in [0.15, 0.2) is 0 Å². The van der Waals surface area contributed by atoms with E-state index in [-0.39, 0.29) is 23.1 Å². The normalized spacial score (nSPS) is 20.7. The SMILES string of the molecule is COc1ccc2c(c1)C=C(c1c(C(=O)N(C)CC3CCC(C)N3C)cnn1C1CCC1)Cn1c-2c(C2CCCCC2)c2ccc(C(=O)NSC(C)C)cc21. The summed E-state index contributed by atoms with van der Waals surface area (Å²) in [4.78, 5) is 32.5. The van der Waals surface area contributed by atoms with Crippen LogP contribution in [0, 0.1) is 0 Å². The van der Waals surface area contributed by atoms with Crippen LogP contribution in [0.3, 0.4) is 0 Å². The fourth-order valence-corrected chi connectivity index (χ4v) is 9.79. The van der Waals surface area contributed by atoms with E-state index in [0.29, 0.717) is 42.2 Å². The van der Waals surface area contributed by atoms with Gasteiger partial charge in [0.1, 0.15) is 5.75 Å². The Morgan fingerprint density at radius 2 is 1.80 bits per heavy atom. The summed E-state index contributed by atoms with van der Waals surface area (Å²) in [5.41, 5.74) is 9.15. The van der Waals surface area contributed by atoms with Gasteiger partial charge in [-0.05, 0) is 130 Å². The Morgan fingerprint density at radius 3 is 2.48 bits per heavy atom. The van der Waals surface area contributed by atoms with E-state index in [2.05, 4.69) is 83.1 Å². The Morgan fingerprint density at radius 1 is 1.00 bits per heavy atom. The number of carbonyl (C=O) groups excluding carboxylic acids is 2. The summed E-state index contributed by atoms with van der Waals surface area (Å²) in [6.07, 6.45) is 15.6. The van der Waals surface area contributed by atoms with Crippen LogP contribution in [0.1, 0.15) is 134 Å². The van der Waals surface area contributed by atoms with Crippen LogP contribution < -0.4 is 9.46 Å². The monoisotopic (exact) mass is 748 g/mol. The molecule has 2 aliphatic carbocycles. The quantitative estimate of drug-likeness (QED) is 0.163. The summed E-state index contributed by atoms with van der Waals surface area (Å²) in [5, 5.41) is 6.49. The van der Waals surface area contributed by atoms with Crippen LogP contribution in [0.4, 0.5) is 0 Å². The minimum Gasteiger partial charge on any atom is -0.497 e. The van der Waals surface area contributed by atoms with E-state index >= 15 is 0 Å². The number of nitrogens with zero attached hydrogens (tertiary/aromatic N) is 5. The number of fused-ring (bicyclic) bond motifs is 5. The molecule has 3 fully saturated rings. The lowest BCUT2D eigenvalue weighted by Gasteiger charge is -2.30. The van der Waals surface area contributed by atoms with Gasteiger partial charge in [-0.2, -0.15) is 5.10 Å². The molecule has 0 radical (unpaired) electrons. The van der Waals surface area contributed by atoms with Crippen LogP contribution in [0.2, 0.25) is 0 Å². The number of likely N-dealkylation sites (N-methyl/N-ethyl adjacent to an activating group) is 2. The number of likely N-dealkylation sites (tertiary alicyclic amines) is 1. The largest absolute Gasteiger partial charge is 0.497 e. The molecule has 2 aromatic carbocycles. The first-order valence-corrected chi connectivity index (χ1v) is 21.1.